The van der Waals surface area contributed by atoms with Gasteiger partial charge < -0.3 is 0 Å². The van der Waals surface area contributed by atoms with Crippen molar-refractivity contribution in [3.05, 3.63) is 29.3 Å². The molecular formula is C20H34O3S. The van der Waals surface area contributed by atoms with E-state index in [0.717, 1.165) is 56.1 Å². The van der Waals surface area contributed by atoms with Gasteiger partial charge in [0, 0.05) is 0 Å². The number of unbranched alkanes of at least 4 members (excludes halogenated alkanes) is 2. The average Bonchev–Trinajstić information content (AvgIpc) is 2.47. The van der Waals surface area contributed by atoms with Crippen molar-refractivity contribution >= 4 is 10.1 Å². The molecule has 138 valence electrons. The lowest BCUT2D eigenvalue weighted by atomic mass is 9.95. The van der Waals surface area contributed by atoms with Crippen molar-refractivity contribution in [2.45, 2.75) is 84.0 Å². The van der Waals surface area contributed by atoms with Gasteiger partial charge in [-0.1, -0.05) is 65.5 Å². The minimum absolute atomic E-state index is 0.105. The van der Waals surface area contributed by atoms with Crippen LogP contribution >= 0.6 is 0 Å². The molecule has 0 radical (unpaired) electrons. The summed E-state index contributed by atoms with van der Waals surface area (Å²) in [6, 6.07) is 5.30. The predicted molar refractivity (Wildman–Crippen MR) is 101 cm³/mol. The first-order chi connectivity index (χ1) is 11.2. The van der Waals surface area contributed by atoms with E-state index in [0.29, 0.717) is 11.8 Å². The summed E-state index contributed by atoms with van der Waals surface area (Å²) in [6.45, 7) is 8.84. The van der Waals surface area contributed by atoms with Crippen LogP contribution in [0.5, 0.6) is 0 Å². The summed E-state index contributed by atoms with van der Waals surface area (Å²) in [4.78, 5) is 0.105. The van der Waals surface area contributed by atoms with Crippen molar-refractivity contribution in [2.24, 2.45) is 11.8 Å². The molecule has 1 N–H and O–H groups in total. The van der Waals surface area contributed by atoms with E-state index in [1.807, 2.05) is 6.07 Å². The summed E-state index contributed by atoms with van der Waals surface area (Å²) in [7, 11) is -4.15. The van der Waals surface area contributed by atoms with Gasteiger partial charge in [0.25, 0.3) is 10.1 Å². The Morgan fingerprint density at radius 3 is 1.92 bits per heavy atom. The van der Waals surface area contributed by atoms with Gasteiger partial charge in [-0.3, -0.25) is 4.55 Å². The van der Waals surface area contributed by atoms with Crippen molar-refractivity contribution in [1.82, 2.24) is 0 Å². The molecule has 0 bridgehead atoms. The highest BCUT2D eigenvalue weighted by Crippen LogP contribution is 2.24. The van der Waals surface area contributed by atoms with Gasteiger partial charge in [0.1, 0.15) is 0 Å². The Balaban J connectivity index is 2.84. The molecule has 1 aromatic rings. The minimum atomic E-state index is -4.15. The van der Waals surface area contributed by atoms with E-state index in [-0.39, 0.29) is 4.90 Å². The minimum Gasteiger partial charge on any atom is -0.282 e. The van der Waals surface area contributed by atoms with E-state index < -0.39 is 10.1 Å². The Bertz CT molecular complexity index is 589. The monoisotopic (exact) mass is 354 g/mol. The molecule has 0 aliphatic rings. The molecule has 0 saturated carbocycles. The van der Waals surface area contributed by atoms with Crippen LogP contribution < -0.4 is 0 Å². The first-order valence-electron chi connectivity index (χ1n) is 9.30. The van der Waals surface area contributed by atoms with Crippen LogP contribution in [-0.4, -0.2) is 13.0 Å². The van der Waals surface area contributed by atoms with Crippen LogP contribution in [0.2, 0.25) is 0 Å². The van der Waals surface area contributed by atoms with Crippen molar-refractivity contribution in [3.8, 4) is 0 Å². The molecule has 24 heavy (non-hydrogen) atoms. The number of aryl methyl sites for hydroxylation is 1. The largest absolute Gasteiger partial charge is 0.294 e. The summed E-state index contributed by atoms with van der Waals surface area (Å²) < 4.78 is 33.0. The Kier molecular flexibility index (Phi) is 8.99. The van der Waals surface area contributed by atoms with E-state index in [4.69, 9.17) is 0 Å². The fourth-order valence-corrected chi connectivity index (χ4v) is 3.89. The third-order valence-corrected chi connectivity index (χ3v) is 5.38. The third-order valence-electron chi connectivity index (χ3n) is 4.44. The quantitative estimate of drug-likeness (QED) is 0.411. The standard InChI is InChI=1S/C20H34O3S/c1-16(2)10-5-7-12-18-13-9-15-20(24(21,22)23)19(18)14-8-6-11-17(3)4/h9,13,15-17H,5-8,10-12,14H2,1-4H3,(H,21,22,23). The second-order valence-electron chi connectivity index (χ2n) is 7.65. The Morgan fingerprint density at radius 1 is 0.875 bits per heavy atom. The third kappa shape index (κ3) is 7.80. The van der Waals surface area contributed by atoms with Crippen LogP contribution in [0.25, 0.3) is 0 Å². The Labute approximate surface area is 148 Å². The number of hydrogen-bond donors (Lipinski definition) is 1. The van der Waals surface area contributed by atoms with Crippen molar-refractivity contribution in [3.63, 3.8) is 0 Å². The van der Waals surface area contributed by atoms with Crippen LogP contribution in [-0.2, 0) is 23.0 Å². The van der Waals surface area contributed by atoms with Gasteiger partial charge in [-0.2, -0.15) is 8.42 Å². The lowest BCUT2D eigenvalue weighted by Gasteiger charge is -2.14. The molecular weight excluding hydrogens is 320 g/mol. The van der Waals surface area contributed by atoms with Crippen LogP contribution in [0, 0.1) is 11.8 Å². The van der Waals surface area contributed by atoms with Gasteiger partial charge in [0.2, 0.25) is 0 Å². The van der Waals surface area contributed by atoms with Crippen molar-refractivity contribution in [1.29, 1.82) is 0 Å². The molecule has 0 saturated heterocycles. The molecule has 4 heteroatoms. The number of hydrogen-bond acceptors (Lipinski definition) is 2. The molecule has 0 aliphatic carbocycles. The zero-order chi connectivity index (χ0) is 18.2. The van der Waals surface area contributed by atoms with E-state index in [9.17, 15) is 13.0 Å². The second-order valence-corrected chi connectivity index (χ2v) is 9.04. The highest BCUT2D eigenvalue weighted by molar-refractivity contribution is 7.85. The maximum absolute atomic E-state index is 11.7. The summed E-state index contributed by atoms with van der Waals surface area (Å²) in [5.74, 6) is 1.36. The fourth-order valence-electron chi connectivity index (χ4n) is 3.09. The van der Waals surface area contributed by atoms with E-state index in [2.05, 4.69) is 27.7 Å². The Morgan fingerprint density at radius 2 is 1.42 bits per heavy atom. The first kappa shape index (κ1) is 21.2. The van der Waals surface area contributed by atoms with Crippen LogP contribution in [0.3, 0.4) is 0 Å². The Hall–Kier alpha value is -0.870. The molecule has 0 fully saturated rings. The SMILES string of the molecule is CC(C)CCCCc1cccc(S(=O)(=O)O)c1CCCCC(C)C. The molecule has 1 aromatic carbocycles. The molecule has 0 atom stereocenters. The molecule has 0 unspecified atom stereocenters. The van der Waals surface area contributed by atoms with Gasteiger partial charge in [-0.25, -0.2) is 0 Å². The fraction of sp³-hybridized carbons (Fsp3) is 0.700. The van der Waals surface area contributed by atoms with Crippen LogP contribution in [0.15, 0.2) is 23.1 Å². The van der Waals surface area contributed by atoms with Gasteiger partial charge >= 0.3 is 0 Å². The summed E-state index contributed by atoms with van der Waals surface area (Å²) >= 11 is 0. The molecule has 3 nitrogen and oxygen atoms in total. The number of benzene rings is 1. The molecule has 0 amide bonds. The maximum atomic E-state index is 11.7. The molecule has 0 aromatic heterocycles. The summed E-state index contributed by atoms with van der Waals surface area (Å²) in [5.41, 5.74) is 1.91. The van der Waals surface area contributed by atoms with E-state index in [1.165, 1.54) is 12.5 Å². The van der Waals surface area contributed by atoms with Crippen LogP contribution in [0.4, 0.5) is 0 Å². The molecule has 0 heterocycles. The lowest BCUT2D eigenvalue weighted by Crippen LogP contribution is -2.07. The predicted octanol–water partition coefficient (Wildman–Crippen LogP) is 5.67. The molecule has 0 aliphatic heterocycles. The summed E-state index contributed by atoms with van der Waals surface area (Å²) in [6.07, 6.45) is 8.22. The highest BCUT2D eigenvalue weighted by Gasteiger charge is 2.17. The van der Waals surface area contributed by atoms with Gasteiger partial charge in [-0.05, 0) is 54.7 Å². The maximum Gasteiger partial charge on any atom is 0.294 e. The van der Waals surface area contributed by atoms with E-state index in [1.54, 1.807) is 6.07 Å². The second kappa shape index (κ2) is 10.2. The van der Waals surface area contributed by atoms with E-state index >= 15 is 0 Å². The van der Waals surface area contributed by atoms with Crippen LogP contribution in [0.1, 0.15) is 77.3 Å². The zero-order valence-electron chi connectivity index (χ0n) is 15.7. The highest BCUT2D eigenvalue weighted by atomic mass is 32.2. The molecule has 0 spiro atoms. The summed E-state index contributed by atoms with van der Waals surface area (Å²) in [5, 5.41) is 0. The smallest absolute Gasteiger partial charge is 0.282 e. The number of rotatable bonds is 11. The topological polar surface area (TPSA) is 54.4 Å². The van der Waals surface area contributed by atoms with Gasteiger partial charge in [0.05, 0.1) is 4.90 Å². The zero-order valence-corrected chi connectivity index (χ0v) is 16.5. The van der Waals surface area contributed by atoms with Crippen molar-refractivity contribution in [2.75, 3.05) is 0 Å². The average molecular weight is 355 g/mol. The van der Waals surface area contributed by atoms with Crippen molar-refractivity contribution < 1.29 is 13.0 Å². The first-order valence-corrected chi connectivity index (χ1v) is 10.7. The molecule has 1 rings (SSSR count). The lowest BCUT2D eigenvalue weighted by molar-refractivity contribution is 0.480. The normalized spacial score (nSPS) is 12.3. The van der Waals surface area contributed by atoms with Gasteiger partial charge in [0.15, 0.2) is 0 Å². The van der Waals surface area contributed by atoms with Gasteiger partial charge in [-0.15, -0.1) is 0 Å².